The van der Waals surface area contributed by atoms with Gasteiger partial charge in [0.2, 0.25) is 5.79 Å². The van der Waals surface area contributed by atoms with Crippen LogP contribution in [0.25, 0.3) is 0 Å². The SMILES string of the molecule is CNCC1COC(c2ccccc2)(c2ccccc2)O1. The van der Waals surface area contributed by atoms with Gasteiger partial charge in [-0.25, -0.2) is 0 Å². The second-order valence-corrected chi connectivity index (χ2v) is 4.96. The molecule has 3 rings (SSSR count). The summed E-state index contributed by atoms with van der Waals surface area (Å²) in [5, 5.41) is 3.15. The van der Waals surface area contributed by atoms with Crippen molar-refractivity contribution in [1.29, 1.82) is 0 Å². The van der Waals surface area contributed by atoms with E-state index in [0.29, 0.717) is 6.61 Å². The fourth-order valence-corrected chi connectivity index (χ4v) is 2.63. The van der Waals surface area contributed by atoms with Gasteiger partial charge in [0.1, 0.15) is 0 Å². The van der Waals surface area contributed by atoms with Crippen LogP contribution in [0.1, 0.15) is 11.1 Å². The van der Waals surface area contributed by atoms with Gasteiger partial charge in [-0.2, -0.15) is 0 Å². The lowest BCUT2D eigenvalue weighted by atomic mass is 9.97. The van der Waals surface area contributed by atoms with Crippen LogP contribution in [0.3, 0.4) is 0 Å². The van der Waals surface area contributed by atoms with Crippen molar-refractivity contribution in [3.05, 3.63) is 71.8 Å². The highest BCUT2D eigenvalue weighted by molar-refractivity contribution is 5.34. The van der Waals surface area contributed by atoms with Gasteiger partial charge < -0.3 is 14.8 Å². The molecule has 0 bridgehead atoms. The molecule has 20 heavy (non-hydrogen) atoms. The van der Waals surface area contributed by atoms with E-state index in [1.807, 2.05) is 43.4 Å². The summed E-state index contributed by atoms with van der Waals surface area (Å²) in [6.07, 6.45) is 0.0559. The third kappa shape index (κ3) is 2.36. The topological polar surface area (TPSA) is 30.5 Å². The van der Waals surface area contributed by atoms with Crippen LogP contribution < -0.4 is 5.32 Å². The summed E-state index contributed by atoms with van der Waals surface area (Å²) in [6.45, 7) is 1.37. The summed E-state index contributed by atoms with van der Waals surface area (Å²) in [6, 6.07) is 20.3. The number of rotatable bonds is 4. The Bertz CT molecular complexity index is 502. The molecule has 3 nitrogen and oxygen atoms in total. The molecule has 0 spiro atoms. The molecular formula is C17H19NO2. The van der Waals surface area contributed by atoms with E-state index in [0.717, 1.165) is 17.7 Å². The van der Waals surface area contributed by atoms with E-state index in [4.69, 9.17) is 9.47 Å². The van der Waals surface area contributed by atoms with Gasteiger partial charge in [0.15, 0.2) is 0 Å². The maximum atomic E-state index is 6.28. The van der Waals surface area contributed by atoms with Gasteiger partial charge in [-0.15, -0.1) is 0 Å². The quantitative estimate of drug-likeness (QED) is 0.925. The van der Waals surface area contributed by atoms with E-state index >= 15 is 0 Å². The van der Waals surface area contributed by atoms with E-state index in [1.165, 1.54) is 0 Å². The molecule has 0 aromatic heterocycles. The van der Waals surface area contributed by atoms with E-state index in [-0.39, 0.29) is 6.10 Å². The predicted octanol–water partition coefficient (Wildman–Crippen LogP) is 2.52. The second-order valence-electron chi connectivity index (χ2n) is 4.96. The molecular weight excluding hydrogens is 250 g/mol. The van der Waals surface area contributed by atoms with Crippen molar-refractivity contribution in [2.75, 3.05) is 20.2 Å². The van der Waals surface area contributed by atoms with Crippen molar-refractivity contribution >= 4 is 0 Å². The summed E-state index contributed by atoms with van der Waals surface area (Å²) in [4.78, 5) is 0. The smallest absolute Gasteiger partial charge is 0.222 e. The Kier molecular flexibility index (Phi) is 3.83. The molecule has 0 aliphatic carbocycles. The number of benzene rings is 2. The molecule has 3 heteroatoms. The standard InChI is InChI=1S/C17H19NO2/c1-18-12-16-13-19-17(20-16,14-8-4-2-5-9-14)15-10-6-3-7-11-15/h2-11,16,18H,12-13H2,1H3. The Labute approximate surface area is 119 Å². The molecule has 0 saturated carbocycles. The maximum Gasteiger partial charge on any atom is 0.222 e. The van der Waals surface area contributed by atoms with Crippen LogP contribution in [0, 0.1) is 0 Å². The Morgan fingerprint density at radius 2 is 1.55 bits per heavy atom. The third-order valence-corrected chi connectivity index (χ3v) is 3.54. The summed E-state index contributed by atoms with van der Waals surface area (Å²) in [5.74, 6) is -0.788. The van der Waals surface area contributed by atoms with Crippen LogP contribution in [0.2, 0.25) is 0 Å². The molecule has 1 atom stereocenters. The normalized spacial score (nSPS) is 20.9. The zero-order valence-electron chi connectivity index (χ0n) is 11.6. The number of nitrogens with one attached hydrogen (secondary N) is 1. The van der Waals surface area contributed by atoms with Gasteiger partial charge in [0, 0.05) is 17.7 Å². The molecule has 104 valence electrons. The molecule has 1 saturated heterocycles. The largest absolute Gasteiger partial charge is 0.339 e. The fourth-order valence-electron chi connectivity index (χ4n) is 2.63. The first-order valence-corrected chi connectivity index (χ1v) is 6.92. The van der Waals surface area contributed by atoms with E-state index in [1.54, 1.807) is 0 Å². The van der Waals surface area contributed by atoms with Gasteiger partial charge in [-0.3, -0.25) is 0 Å². The first-order chi connectivity index (χ1) is 9.85. The molecule has 0 amide bonds. The Hall–Kier alpha value is -1.68. The molecule has 1 N–H and O–H groups in total. The highest BCUT2D eigenvalue weighted by atomic mass is 16.7. The first kappa shape index (κ1) is 13.3. The highest BCUT2D eigenvalue weighted by Gasteiger charge is 2.44. The van der Waals surface area contributed by atoms with Crippen LogP contribution in [-0.4, -0.2) is 26.3 Å². The summed E-state index contributed by atoms with van der Waals surface area (Å²) < 4.78 is 12.4. The van der Waals surface area contributed by atoms with Crippen LogP contribution in [0.15, 0.2) is 60.7 Å². The molecule has 2 aromatic carbocycles. The lowest BCUT2D eigenvalue weighted by Gasteiger charge is -2.29. The molecule has 1 heterocycles. The number of hydrogen-bond donors (Lipinski definition) is 1. The highest BCUT2D eigenvalue weighted by Crippen LogP contribution is 2.40. The van der Waals surface area contributed by atoms with Gasteiger partial charge in [-0.05, 0) is 7.05 Å². The van der Waals surface area contributed by atoms with Gasteiger partial charge in [0.25, 0.3) is 0 Å². The number of hydrogen-bond acceptors (Lipinski definition) is 3. The Balaban J connectivity index is 2.01. The van der Waals surface area contributed by atoms with Crippen LogP contribution >= 0.6 is 0 Å². The zero-order chi connectivity index (χ0) is 13.8. The first-order valence-electron chi connectivity index (χ1n) is 6.92. The fraction of sp³-hybridized carbons (Fsp3) is 0.294. The van der Waals surface area contributed by atoms with Crippen molar-refractivity contribution in [3.8, 4) is 0 Å². The third-order valence-electron chi connectivity index (χ3n) is 3.54. The minimum Gasteiger partial charge on any atom is -0.339 e. The zero-order valence-corrected chi connectivity index (χ0v) is 11.6. The Morgan fingerprint density at radius 1 is 1.00 bits per heavy atom. The van der Waals surface area contributed by atoms with E-state index < -0.39 is 5.79 Å². The summed E-state index contributed by atoms with van der Waals surface area (Å²) in [7, 11) is 1.92. The van der Waals surface area contributed by atoms with Crippen molar-refractivity contribution < 1.29 is 9.47 Å². The van der Waals surface area contributed by atoms with Crippen LogP contribution in [0.4, 0.5) is 0 Å². The van der Waals surface area contributed by atoms with Crippen LogP contribution in [-0.2, 0) is 15.3 Å². The van der Waals surface area contributed by atoms with Gasteiger partial charge in [-0.1, -0.05) is 60.7 Å². The average molecular weight is 269 g/mol. The molecule has 1 aliphatic heterocycles. The lowest BCUT2D eigenvalue weighted by Crippen LogP contribution is -2.32. The summed E-state index contributed by atoms with van der Waals surface area (Å²) in [5.41, 5.74) is 2.06. The number of ether oxygens (including phenoxy) is 2. The maximum absolute atomic E-state index is 6.28. The lowest BCUT2D eigenvalue weighted by molar-refractivity contribution is -0.142. The average Bonchev–Trinajstić information content (AvgIpc) is 2.95. The monoisotopic (exact) mass is 269 g/mol. The molecule has 0 radical (unpaired) electrons. The molecule has 1 unspecified atom stereocenters. The van der Waals surface area contributed by atoms with Crippen molar-refractivity contribution in [2.45, 2.75) is 11.9 Å². The van der Waals surface area contributed by atoms with Crippen molar-refractivity contribution in [1.82, 2.24) is 5.32 Å². The summed E-state index contributed by atoms with van der Waals surface area (Å²) >= 11 is 0. The van der Waals surface area contributed by atoms with Crippen molar-refractivity contribution in [3.63, 3.8) is 0 Å². The minimum absolute atomic E-state index is 0.0559. The van der Waals surface area contributed by atoms with Crippen LogP contribution in [0.5, 0.6) is 0 Å². The van der Waals surface area contributed by atoms with Crippen molar-refractivity contribution in [2.24, 2.45) is 0 Å². The molecule has 2 aromatic rings. The second kappa shape index (κ2) is 5.75. The molecule has 1 fully saturated rings. The molecule has 1 aliphatic rings. The van der Waals surface area contributed by atoms with Gasteiger partial charge in [0.05, 0.1) is 12.7 Å². The number of likely N-dealkylation sites (N-methyl/N-ethyl adjacent to an activating group) is 1. The predicted molar refractivity (Wildman–Crippen MR) is 78.4 cm³/mol. The van der Waals surface area contributed by atoms with E-state index in [2.05, 4.69) is 29.6 Å². The minimum atomic E-state index is -0.788. The van der Waals surface area contributed by atoms with Gasteiger partial charge >= 0.3 is 0 Å². The Morgan fingerprint density at radius 3 is 2.05 bits per heavy atom. The van der Waals surface area contributed by atoms with E-state index in [9.17, 15) is 0 Å².